The highest BCUT2D eigenvalue weighted by Crippen LogP contribution is 2.15. The number of nitrogens with zero attached hydrogens (tertiary/aromatic N) is 3. The highest BCUT2D eigenvalue weighted by Gasteiger charge is 2.06. The van der Waals surface area contributed by atoms with Crippen molar-refractivity contribution < 1.29 is 0 Å². The average Bonchev–Trinajstić information content (AvgIpc) is 2.39. The topological polar surface area (TPSA) is 30.7 Å². The summed E-state index contributed by atoms with van der Waals surface area (Å²) in [4.78, 5) is 8.81. The van der Waals surface area contributed by atoms with Gasteiger partial charge in [-0.05, 0) is 42.5 Å². The summed E-state index contributed by atoms with van der Waals surface area (Å²) < 4.78 is 3.25. The Morgan fingerprint density at radius 3 is 3.00 bits per heavy atom. The summed E-state index contributed by atoms with van der Waals surface area (Å²) >= 11 is 2.25. The summed E-state index contributed by atoms with van der Waals surface area (Å²) in [5.74, 6) is 1.03. The third kappa shape index (κ3) is 1.43. The summed E-state index contributed by atoms with van der Waals surface area (Å²) in [6.45, 7) is 5.04. The van der Waals surface area contributed by atoms with Gasteiger partial charge in [-0.1, -0.05) is 0 Å². The number of hydrogen-bond acceptors (Lipinski definition) is 2. The molecule has 0 saturated heterocycles. The third-order valence-electron chi connectivity index (χ3n) is 2.06. The van der Waals surface area contributed by atoms with E-state index in [0.717, 1.165) is 27.1 Å². The number of pyridine rings is 1. The van der Waals surface area contributed by atoms with Crippen LogP contribution in [0.15, 0.2) is 12.3 Å². The molecular formula is C9H10IN3. The minimum atomic E-state index is 0.927. The monoisotopic (exact) mass is 287 g/mol. The van der Waals surface area contributed by atoms with Crippen molar-refractivity contribution in [2.45, 2.75) is 20.4 Å². The van der Waals surface area contributed by atoms with Crippen LogP contribution in [0.4, 0.5) is 0 Å². The van der Waals surface area contributed by atoms with E-state index in [1.165, 1.54) is 0 Å². The zero-order chi connectivity index (χ0) is 9.42. The van der Waals surface area contributed by atoms with E-state index in [4.69, 9.17) is 0 Å². The first-order valence-corrected chi connectivity index (χ1v) is 5.28. The Balaban J connectivity index is 2.79. The largest absolute Gasteiger partial charge is 0.313 e. The molecule has 0 saturated carbocycles. The van der Waals surface area contributed by atoms with Crippen LogP contribution in [0.3, 0.4) is 0 Å². The normalized spacial score (nSPS) is 11.0. The van der Waals surface area contributed by atoms with Crippen LogP contribution in [0.5, 0.6) is 0 Å². The molecule has 0 amide bonds. The minimum absolute atomic E-state index is 0.927. The van der Waals surface area contributed by atoms with Crippen LogP contribution >= 0.6 is 22.6 Å². The lowest BCUT2D eigenvalue weighted by Crippen LogP contribution is -1.97. The molecule has 0 aliphatic carbocycles. The van der Waals surface area contributed by atoms with Gasteiger partial charge in [-0.2, -0.15) is 0 Å². The summed E-state index contributed by atoms with van der Waals surface area (Å²) in [5.41, 5.74) is 1.98. The molecule has 2 heterocycles. The van der Waals surface area contributed by atoms with E-state index in [9.17, 15) is 0 Å². The minimum Gasteiger partial charge on any atom is -0.313 e. The van der Waals surface area contributed by atoms with Gasteiger partial charge in [-0.3, -0.25) is 0 Å². The maximum Gasteiger partial charge on any atom is 0.160 e. The number of hydrogen-bond donors (Lipinski definition) is 0. The fourth-order valence-corrected chi connectivity index (χ4v) is 1.91. The maximum absolute atomic E-state index is 4.44. The molecule has 0 aromatic carbocycles. The summed E-state index contributed by atoms with van der Waals surface area (Å²) in [5, 5.41) is 0. The van der Waals surface area contributed by atoms with Crippen molar-refractivity contribution in [3.8, 4) is 0 Å². The predicted molar refractivity (Wildman–Crippen MR) is 60.7 cm³/mol. The number of aryl methyl sites for hydroxylation is 2. The van der Waals surface area contributed by atoms with E-state index in [0.29, 0.717) is 0 Å². The molecule has 0 bridgehead atoms. The quantitative estimate of drug-likeness (QED) is 0.754. The average molecular weight is 287 g/mol. The third-order valence-corrected chi connectivity index (χ3v) is 2.65. The highest BCUT2D eigenvalue weighted by molar-refractivity contribution is 14.1. The van der Waals surface area contributed by atoms with Gasteiger partial charge in [0.05, 0.1) is 0 Å². The van der Waals surface area contributed by atoms with E-state index in [1.807, 2.05) is 13.1 Å². The molecule has 4 heteroatoms. The van der Waals surface area contributed by atoms with Crippen molar-refractivity contribution in [2.24, 2.45) is 0 Å². The van der Waals surface area contributed by atoms with E-state index in [1.54, 1.807) is 0 Å². The van der Waals surface area contributed by atoms with Gasteiger partial charge in [-0.15, -0.1) is 0 Å². The van der Waals surface area contributed by atoms with Gasteiger partial charge in [0.2, 0.25) is 0 Å². The number of rotatable bonds is 1. The zero-order valence-electron chi connectivity index (χ0n) is 7.58. The van der Waals surface area contributed by atoms with Crippen molar-refractivity contribution in [3.05, 3.63) is 21.7 Å². The maximum atomic E-state index is 4.44. The lowest BCUT2D eigenvalue weighted by molar-refractivity contribution is 0.745. The second kappa shape index (κ2) is 3.25. The summed E-state index contributed by atoms with van der Waals surface area (Å²) in [6.07, 6.45) is 1.87. The number of fused-ring (bicyclic) bond motifs is 1. The number of aromatic nitrogens is 3. The Morgan fingerprint density at radius 2 is 2.31 bits per heavy atom. The lowest BCUT2D eigenvalue weighted by Gasteiger charge is -1.99. The Labute approximate surface area is 90.3 Å². The Hall–Kier alpha value is -0.650. The van der Waals surface area contributed by atoms with Crippen molar-refractivity contribution >= 4 is 33.8 Å². The first kappa shape index (κ1) is 8.93. The van der Waals surface area contributed by atoms with Gasteiger partial charge in [-0.25, -0.2) is 9.97 Å². The van der Waals surface area contributed by atoms with Crippen LogP contribution in [0.2, 0.25) is 0 Å². The van der Waals surface area contributed by atoms with Gasteiger partial charge in [0.25, 0.3) is 0 Å². The van der Waals surface area contributed by atoms with Crippen molar-refractivity contribution in [1.29, 1.82) is 0 Å². The van der Waals surface area contributed by atoms with Gasteiger partial charge in [0, 0.05) is 16.3 Å². The van der Waals surface area contributed by atoms with E-state index in [2.05, 4.69) is 50.1 Å². The lowest BCUT2D eigenvalue weighted by atomic mass is 10.4. The molecule has 0 atom stereocenters. The molecule has 68 valence electrons. The van der Waals surface area contributed by atoms with Crippen LogP contribution in [-0.4, -0.2) is 14.5 Å². The van der Waals surface area contributed by atoms with Crippen molar-refractivity contribution in [3.63, 3.8) is 0 Å². The van der Waals surface area contributed by atoms with Crippen molar-refractivity contribution in [2.75, 3.05) is 0 Å². The standard InChI is InChI=1S/C9H10IN3/c1-3-13-6(2)12-8-4-7(10)5-11-9(8)13/h4-5H,3H2,1-2H3. The summed E-state index contributed by atoms with van der Waals surface area (Å²) in [7, 11) is 0. The molecule has 13 heavy (non-hydrogen) atoms. The van der Waals surface area contributed by atoms with Gasteiger partial charge in [0.1, 0.15) is 11.3 Å². The van der Waals surface area contributed by atoms with E-state index >= 15 is 0 Å². The van der Waals surface area contributed by atoms with E-state index < -0.39 is 0 Å². The fraction of sp³-hybridized carbons (Fsp3) is 0.333. The molecule has 0 fully saturated rings. The molecule has 2 aromatic rings. The molecule has 2 rings (SSSR count). The summed E-state index contributed by atoms with van der Waals surface area (Å²) in [6, 6.07) is 2.06. The fourth-order valence-electron chi connectivity index (χ4n) is 1.48. The first-order chi connectivity index (χ1) is 6.22. The predicted octanol–water partition coefficient (Wildman–Crippen LogP) is 2.36. The first-order valence-electron chi connectivity index (χ1n) is 4.20. The molecule has 0 unspecified atom stereocenters. The van der Waals surface area contributed by atoms with E-state index in [-0.39, 0.29) is 0 Å². The molecule has 0 N–H and O–H groups in total. The van der Waals surface area contributed by atoms with Crippen LogP contribution in [0, 0.1) is 10.5 Å². The van der Waals surface area contributed by atoms with Gasteiger partial charge >= 0.3 is 0 Å². The Kier molecular flexibility index (Phi) is 2.23. The Bertz CT molecular complexity index is 447. The molecule has 0 spiro atoms. The van der Waals surface area contributed by atoms with Crippen molar-refractivity contribution in [1.82, 2.24) is 14.5 Å². The van der Waals surface area contributed by atoms with Gasteiger partial charge < -0.3 is 4.57 Å². The second-order valence-corrected chi connectivity index (χ2v) is 4.15. The molecule has 0 radical (unpaired) electrons. The SMILES string of the molecule is CCn1c(C)nc2cc(I)cnc21. The highest BCUT2D eigenvalue weighted by atomic mass is 127. The number of halogens is 1. The molecule has 2 aromatic heterocycles. The van der Waals surface area contributed by atoms with Crippen LogP contribution in [0.1, 0.15) is 12.7 Å². The number of imidazole rings is 1. The van der Waals surface area contributed by atoms with Crippen LogP contribution in [-0.2, 0) is 6.54 Å². The zero-order valence-corrected chi connectivity index (χ0v) is 9.74. The molecule has 0 aliphatic heterocycles. The van der Waals surface area contributed by atoms with Gasteiger partial charge in [0.15, 0.2) is 5.65 Å². The van der Waals surface area contributed by atoms with Crippen LogP contribution < -0.4 is 0 Å². The smallest absolute Gasteiger partial charge is 0.160 e. The molecule has 0 aliphatic rings. The second-order valence-electron chi connectivity index (χ2n) is 2.90. The molecule has 3 nitrogen and oxygen atoms in total. The molecular weight excluding hydrogens is 277 g/mol. The Morgan fingerprint density at radius 1 is 1.54 bits per heavy atom. The van der Waals surface area contributed by atoms with Crippen LogP contribution in [0.25, 0.3) is 11.2 Å².